The minimum Gasteiger partial charge on any atom is -0.357 e. The van der Waals surface area contributed by atoms with Crippen LogP contribution in [0.1, 0.15) is 52.2 Å². The van der Waals surface area contributed by atoms with Crippen molar-refractivity contribution in [2.45, 2.75) is 60.2 Å². The van der Waals surface area contributed by atoms with E-state index < -0.39 is 0 Å². The van der Waals surface area contributed by atoms with Crippen LogP contribution in [0.3, 0.4) is 0 Å². The Hall–Kier alpha value is -1.35. The number of rotatable bonds is 9. The van der Waals surface area contributed by atoms with Gasteiger partial charge in [-0.05, 0) is 37.6 Å². The van der Waals surface area contributed by atoms with Gasteiger partial charge in [0.05, 0.1) is 6.54 Å². The van der Waals surface area contributed by atoms with Gasteiger partial charge in [-0.3, -0.25) is 9.69 Å². The number of aliphatic imine (C=N–C) groups is 1. The zero-order valence-corrected chi connectivity index (χ0v) is 21.6. The maximum absolute atomic E-state index is 12.2. The fourth-order valence-corrected chi connectivity index (χ4v) is 3.66. The molecule has 1 aromatic carbocycles. The summed E-state index contributed by atoms with van der Waals surface area (Å²) < 4.78 is 0. The summed E-state index contributed by atoms with van der Waals surface area (Å²) in [5.74, 6) is 1.12. The second-order valence-electron chi connectivity index (χ2n) is 8.05. The number of likely N-dealkylation sites (tertiary alicyclic amines) is 1. The smallest absolute Gasteiger partial charge is 0.225 e. The summed E-state index contributed by atoms with van der Waals surface area (Å²) in [7, 11) is 0. The summed E-state index contributed by atoms with van der Waals surface area (Å²) in [4.78, 5) is 21.4. The topological polar surface area (TPSA) is 60.0 Å². The Kier molecular flexibility index (Phi) is 12.3. The molecule has 0 aliphatic carbocycles. The van der Waals surface area contributed by atoms with Crippen LogP contribution in [0.2, 0.25) is 0 Å². The third-order valence-corrected chi connectivity index (χ3v) is 5.39. The van der Waals surface area contributed by atoms with Gasteiger partial charge in [0.25, 0.3) is 0 Å². The number of hydrogen-bond donors (Lipinski definition) is 2. The fraction of sp³-hybridized carbons (Fsp3) is 0.652. The zero-order valence-electron chi connectivity index (χ0n) is 19.3. The normalized spacial score (nSPS) is 16.7. The van der Waals surface area contributed by atoms with E-state index in [4.69, 9.17) is 4.99 Å². The van der Waals surface area contributed by atoms with Gasteiger partial charge in [-0.25, -0.2) is 4.99 Å². The van der Waals surface area contributed by atoms with E-state index in [0.29, 0.717) is 6.54 Å². The summed E-state index contributed by atoms with van der Waals surface area (Å²) >= 11 is 0. The van der Waals surface area contributed by atoms with Crippen molar-refractivity contribution in [1.82, 2.24) is 20.4 Å². The molecule has 1 heterocycles. The Labute approximate surface area is 199 Å². The van der Waals surface area contributed by atoms with Crippen LogP contribution in [-0.2, 0) is 17.9 Å². The van der Waals surface area contributed by atoms with Gasteiger partial charge in [0.1, 0.15) is 0 Å². The SMILES string of the molecule is CCNC(=NCc1cccc(CN(CC)CC)c1)NC1CCN(C(=O)C(C)C)C1.I. The first-order valence-corrected chi connectivity index (χ1v) is 11.1. The first-order valence-electron chi connectivity index (χ1n) is 11.1. The largest absolute Gasteiger partial charge is 0.357 e. The number of nitrogens with one attached hydrogen (secondary N) is 2. The standard InChI is InChI=1S/C23H39N5O.HI/c1-6-24-23(26-21-12-13-28(17-21)22(29)18(4)5)25-15-19-10-9-11-20(14-19)16-27(7-2)8-3;/h9-11,14,18,21H,6-8,12-13,15-17H2,1-5H3,(H2,24,25,26);1H. The zero-order chi connectivity index (χ0) is 21.2. The van der Waals surface area contributed by atoms with Crippen molar-refractivity contribution in [1.29, 1.82) is 0 Å². The first-order chi connectivity index (χ1) is 14.0. The summed E-state index contributed by atoms with van der Waals surface area (Å²) in [6, 6.07) is 8.95. The molecule has 0 aromatic heterocycles. The summed E-state index contributed by atoms with van der Waals surface area (Å²) in [6.45, 7) is 16.5. The van der Waals surface area contributed by atoms with Crippen molar-refractivity contribution in [3.63, 3.8) is 0 Å². The molecule has 1 aliphatic heterocycles. The highest BCUT2D eigenvalue weighted by Gasteiger charge is 2.27. The average Bonchev–Trinajstić information content (AvgIpc) is 3.18. The van der Waals surface area contributed by atoms with E-state index in [0.717, 1.165) is 51.6 Å². The number of carbonyl (C=O) groups is 1. The predicted octanol–water partition coefficient (Wildman–Crippen LogP) is 3.46. The maximum Gasteiger partial charge on any atom is 0.225 e. The molecule has 7 heteroatoms. The summed E-state index contributed by atoms with van der Waals surface area (Å²) in [5, 5.41) is 6.85. The molecule has 2 rings (SSSR count). The molecule has 1 aromatic rings. The third-order valence-electron chi connectivity index (χ3n) is 5.39. The highest BCUT2D eigenvalue weighted by atomic mass is 127. The minimum absolute atomic E-state index is 0. The Morgan fingerprint density at radius 3 is 2.57 bits per heavy atom. The van der Waals surface area contributed by atoms with Crippen LogP contribution in [0.5, 0.6) is 0 Å². The van der Waals surface area contributed by atoms with Gasteiger partial charge in [0.15, 0.2) is 5.96 Å². The third kappa shape index (κ3) is 8.41. The van der Waals surface area contributed by atoms with Gasteiger partial charge in [-0.15, -0.1) is 24.0 Å². The van der Waals surface area contributed by atoms with Gasteiger partial charge < -0.3 is 15.5 Å². The monoisotopic (exact) mass is 529 g/mol. The van der Waals surface area contributed by atoms with Crippen LogP contribution < -0.4 is 10.6 Å². The van der Waals surface area contributed by atoms with E-state index in [1.807, 2.05) is 18.7 Å². The molecule has 6 nitrogen and oxygen atoms in total. The number of benzene rings is 1. The quantitative estimate of drug-likeness (QED) is 0.292. The molecule has 1 atom stereocenters. The fourth-order valence-electron chi connectivity index (χ4n) is 3.66. The predicted molar refractivity (Wildman–Crippen MR) is 136 cm³/mol. The molecule has 0 bridgehead atoms. The lowest BCUT2D eigenvalue weighted by Gasteiger charge is -2.20. The molecular formula is C23H40IN5O. The van der Waals surface area contributed by atoms with Crippen LogP contribution in [-0.4, -0.2) is 60.4 Å². The van der Waals surface area contributed by atoms with Crippen molar-refractivity contribution in [2.75, 3.05) is 32.7 Å². The minimum atomic E-state index is 0. The lowest BCUT2D eigenvalue weighted by Crippen LogP contribution is -2.45. The highest BCUT2D eigenvalue weighted by molar-refractivity contribution is 14.0. The van der Waals surface area contributed by atoms with Crippen molar-refractivity contribution < 1.29 is 4.79 Å². The highest BCUT2D eigenvalue weighted by Crippen LogP contribution is 2.13. The molecule has 30 heavy (non-hydrogen) atoms. The van der Waals surface area contributed by atoms with Gasteiger partial charge in [0, 0.05) is 38.1 Å². The molecule has 2 N–H and O–H groups in total. The number of nitrogens with zero attached hydrogens (tertiary/aromatic N) is 3. The number of carbonyl (C=O) groups excluding carboxylic acids is 1. The Morgan fingerprint density at radius 1 is 1.23 bits per heavy atom. The van der Waals surface area contributed by atoms with E-state index >= 15 is 0 Å². The van der Waals surface area contributed by atoms with Crippen molar-refractivity contribution in [2.24, 2.45) is 10.9 Å². The van der Waals surface area contributed by atoms with Crippen LogP contribution in [0, 0.1) is 5.92 Å². The van der Waals surface area contributed by atoms with E-state index in [9.17, 15) is 4.79 Å². The van der Waals surface area contributed by atoms with Gasteiger partial charge in [0.2, 0.25) is 5.91 Å². The lowest BCUT2D eigenvalue weighted by atomic mass is 10.1. The number of amides is 1. The van der Waals surface area contributed by atoms with Crippen LogP contribution in [0.25, 0.3) is 0 Å². The number of halogens is 1. The molecule has 0 saturated carbocycles. The molecule has 1 saturated heterocycles. The molecule has 170 valence electrons. The van der Waals surface area contributed by atoms with Crippen LogP contribution in [0.4, 0.5) is 0 Å². The number of hydrogen-bond acceptors (Lipinski definition) is 3. The average molecular weight is 530 g/mol. The lowest BCUT2D eigenvalue weighted by molar-refractivity contribution is -0.133. The van der Waals surface area contributed by atoms with Gasteiger partial charge in [-0.2, -0.15) is 0 Å². The molecule has 0 spiro atoms. The van der Waals surface area contributed by atoms with Gasteiger partial charge in [-0.1, -0.05) is 52.0 Å². The van der Waals surface area contributed by atoms with Gasteiger partial charge >= 0.3 is 0 Å². The summed E-state index contributed by atoms with van der Waals surface area (Å²) in [5.41, 5.74) is 2.55. The number of guanidine groups is 1. The van der Waals surface area contributed by atoms with Crippen molar-refractivity contribution in [3.8, 4) is 0 Å². The molecule has 1 fully saturated rings. The van der Waals surface area contributed by atoms with E-state index in [1.165, 1.54) is 11.1 Å². The Morgan fingerprint density at radius 2 is 1.93 bits per heavy atom. The molecule has 1 amide bonds. The molecule has 1 unspecified atom stereocenters. The Bertz CT molecular complexity index is 675. The van der Waals surface area contributed by atoms with Crippen LogP contribution in [0.15, 0.2) is 29.3 Å². The Balaban J connectivity index is 0.00000450. The second kappa shape index (κ2) is 13.9. The van der Waals surface area contributed by atoms with Crippen LogP contribution >= 0.6 is 24.0 Å². The second-order valence-corrected chi connectivity index (χ2v) is 8.05. The van der Waals surface area contributed by atoms with Crippen molar-refractivity contribution >= 4 is 35.8 Å². The van der Waals surface area contributed by atoms with E-state index in [-0.39, 0.29) is 41.8 Å². The first kappa shape index (κ1) is 26.7. The summed E-state index contributed by atoms with van der Waals surface area (Å²) in [6.07, 6.45) is 0.961. The molecular weight excluding hydrogens is 489 g/mol. The van der Waals surface area contributed by atoms with Crippen molar-refractivity contribution in [3.05, 3.63) is 35.4 Å². The molecule has 1 aliphatic rings. The maximum atomic E-state index is 12.2. The van der Waals surface area contributed by atoms with E-state index in [2.05, 4.69) is 60.6 Å². The molecule has 0 radical (unpaired) electrons. The van der Waals surface area contributed by atoms with E-state index in [1.54, 1.807) is 0 Å².